The zero-order valence-corrected chi connectivity index (χ0v) is 19.7. The van der Waals surface area contributed by atoms with E-state index in [1.54, 1.807) is 12.1 Å². The van der Waals surface area contributed by atoms with E-state index in [-0.39, 0.29) is 18.2 Å². The van der Waals surface area contributed by atoms with Crippen LogP contribution in [0.15, 0.2) is 78.9 Å². The van der Waals surface area contributed by atoms with Gasteiger partial charge in [-0.3, -0.25) is 9.59 Å². The molecule has 0 aliphatic carbocycles. The van der Waals surface area contributed by atoms with E-state index in [2.05, 4.69) is 0 Å². The highest BCUT2D eigenvalue weighted by molar-refractivity contribution is 6.03. The van der Waals surface area contributed by atoms with Gasteiger partial charge in [-0.1, -0.05) is 79.7 Å². The lowest BCUT2D eigenvalue weighted by atomic mass is 9.88. The molecule has 0 N–H and O–H groups in total. The van der Waals surface area contributed by atoms with Crippen LogP contribution in [0.2, 0.25) is 0 Å². The molecular formula is C29H30O5. The van der Waals surface area contributed by atoms with Crippen LogP contribution in [0, 0.1) is 5.92 Å². The SMILES string of the molecule is CCCC(=O)C(Cc1ccc(-c2ccccc2C(=O)OC)cc1)C(=O)COCc1ccccc1. The number of esters is 1. The molecule has 176 valence electrons. The van der Waals surface area contributed by atoms with Crippen molar-refractivity contribution in [2.45, 2.75) is 32.8 Å². The lowest BCUT2D eigenvalue weighted by Gasteiger charge is -2.16. The Bertz CT molecular complexity index is 1100. The number of hydrogen-bond donors (Lipinski definition) is 0. The van der Waals surface area contributed by atoms with E-state index in [9.17, 15) is 14.4 Å². The molecule has 0 bridgehead atoms. The Hall–Kier alpha value is -3.57. The van der Waals surface area contributed by atoms with Gasteiger partial charge in [-0.2, -0.15) is 0 Å². The van der Waals surface area contributed by atoms with Gasteiger partial charge in [0.2, 0.25) is 0 Å². The quantitative estimate of drug-likeness (QED) is 0.266. The molecule has 3 aromatic rings. The monoisotopic (exact) mass is 458 g/mol. The molecule has 0 spiro atoms. The van der Waals surface area contributed by atoms with E-state index in [0.29, 0.717) is 31.4 Å². The number of benzene rings is 3. The van der Waals surface area contributed by atoms with Gasteiger partial charge in [0, 0.05) is 6.42 Å². The summed E-state index contributed by atoms with van der Waals surface area (Å²) >= 11 is 0. The van der Waals surface area contributed by atoms with Gasteiger partial charge in [-0.25, -0.2) is 4.79 Å². The minimum absolute atomic E-state index is 0.0593. The van der Waals surface area contributed by atoms with Crippen LogP contribution in [0.3, 0.4) is 0 Å². The maximum Gasteiger partial charge on any atom is 0.338 e. The lowest BCUT2D eigenvalue weighted by molar-refractivity contribution is -0.135. The molecule has 0 saturated heterocycles. The van der Waals surface area contributed by atoms with Gasteiger partial charge in [0.1, 0.15) is 12.4 Å². The van der Waals surface area contributed by atoms with Crippen molar-refractivity contribution >= 4 is 17.5 Å². The molecule has 1 atom stereocenters. The zero-order valence-electron chi connectivity index (χ0n) is 19.7. The molecular weight excluding hydrogens is 428 g/mol. The number of ketones is 2. The first kappa shape index (κ1) is 25.1. The van der Waals surface area contributed by atoms with Gasteiger partial charge in [0.05, 0.1) is 25.2 Å². The molecule has 0 aromatic heterocycles. The standard InChI is InChI=1S/C29H30O5/c1-3-9-27(30)26(28(31)20-34-19-22-10-5-4-6-11-22)18-21-14-16-23(17-15-21)24-12-7-8-13-25(24)29(32)33-2/h4-8,10-17,26H,3,9,18-20H2,1-2H3. The molecule has 34 heavy (non-hydrogen) atoms. The van der Waals surface area contributed by atoms with Gasteiger partial charge < -0.3 is 9.47 Å². The number of carbonyl (C=O) groups is 3. The fraction of sp³-hybridized carbons (Fsp3) is 0.276. The largest absolute Gasteiger partial charge is 0.465 e. The molecule has 3 aromatic carbocycles. The van der Waals surface area contributed by atoms with Gasteiger partial charge in [-0.05, 0) is 41.2 Å². The summed E-state index contributed by atoms with van der Waals surface area (Å²) in [6.45, 7) is 2.16. The summed E-state index contributed by atoms with van der Waals surface area (Å²) < 4.78 is 10.5. The topological polar surface area (TPSA) is 69.7 Å². The second kappa shape index (κ2) is 12.6. The smallest absolute Gasteiger partial charge is 0.338 e. The summed E-state index contributed by atoms with van der Waals surface area (Å²) in [6, 6.07) is 24.5. The van der Waals surface area contributed by atoms with E-state index >= 15 is 0 Å². The Kier molecular flexibility index (Phi) is 9.30. The Balaban J connectivity index is 1.71. The highest BCUT2D eigenvalue weighted by Crippen LogP contribution is 2.25. The lowest BCUT2D eigenvalue weighted by Crippen LogP contribution is -2.29. The summed E-state index contributed by atoms with van der Waals surface area (Å²) in [5.41, 5.74) is 3.97. The third-order valence-corrected chi connectivity index (χ3v) is 5.67. The molecule has 0 saturated carbocycles. The van der Waals surface area contributed by atoms with Crippen molar-refractivity contribution in [1.82, 2.24) is 0 Å². The molecule has 1 unspecified atom stereocenters. The van der Waals surface area contributed by atoms with Crippen LogP contribution in [-0.2, 0) is 32.1 Å². The maximum absolute atomic E-state index is 12.9. The summed E-state index contributed by atoms with van der Waals surface area (Å²) in [5, 5.41) is 0. The van der Waals surface area contributed by atoms with E-state index in [1.165, 1.54) is 7.11 Å². The molecule has 0 radical (unpaired) electrons. The van der Waals surface area contributed by atoms with Crippen molar-refractivity contribution in [3.8, 4) is 11.1 Å². The van der Waals surface area contributed by atoms with Crippen molar-refractivity contribution in [2.75, 3.05) is 13.7 Å². The predicted octanol–water partition coefficient (Wildman–Crippen LogP) is 5.45. The minimum Gasteiger partial charge on any atom is -0.465 e. The predicted molar refractivity (Wildman–Crippen MR) is 131 cm³/mol. The van der Waals surface area contributed by atoms with Crippen molar-refractivity contribution in [2.24, 2.45) is 5.92 Å². The Morgan fingerprint density at radius 2 is 1.47 bits per heavy atom. The van der Waals surface area contributed by atoms with Crippen molar-refractivity contribution < 1.29 is 23.9 Å². The second-order valence-corrected chi connectivity index (χ2v) is 8.15. The second-order valence-electron chi connectivity index (χ2n) is 8.15. The summed E-state index contributed by atoms with van der Waals surface area (Å²) in [5.74, 6) is -1.39. The molecule has 0 amide bonds. The van der Waals surface area contributed by atoms with Crippen molar-refractivity contribution in [3.05, 3.63) is 95.6 Å². The Labute approximate surface area is 200 Å². The molecule has 0 fully saturated rings. The first-order chi connectivity index (χ1) is 16.5. The molecule has 5 nitrogen and oxygen atoms in total. The third-order valence-electron chi connectivity index (χ3n) is 5.67. The van der Waals surface area contributed by atoms with Gasteiger partial charge in [-0.15, -0.1) is 0 Å². The highest BCUT2D eigenvalue weighted by Gasteiger charge is 2.26. The van der Waals surface area contributed by atoms with Crippen LogP contribution in [0.5, 0.6) is 0 Å². The fourth-order valence-electron chi connectivity index (χ4n) is 3.85. The average Bonchev–Trinajstić information content (AvgIpc) is 2.88. The summed E-state index contributed by atoms with van der Waals surface area (Å²) in [6.07, 6.45) is 1.38. The average molecular weight is 459 g/mol. The van der Waals surface area contributed by atoms with Crippen molar-refractivity contribution in [1.29, 1.82) is 0 Å². The first-order valence-electron chi connectivity index (χ1n) is 11.5. The molecule has 5 heteroatoms. The number of rotatable bonds is 12. The number of hydrogen-bond acceptors (Lipinski definition) is 5. The number of Topliss-reactive ketones (excluding diaryl/α,β-unsaturated/α-hetero) is 2. The summed E-state index contributed by atoms with van der Waals surface area (Å²) in [4.78, 5) is 37.7. The molecule has 3 rings (SSSR count). The third kappa shape index (κ3) is 6.72. The van der Waals surface area contributed by atoms with E-state index < -0.39 is 11.9 Å². The molecule has 0 aliphatic rings. The number of carbonyl (C=O) groups excluding carboxylic acids is 3. The normalized spacial score (nSPS) is 11.6. The first-order valence-corrected chi connectivity index (χ1v) is 11.5. The van der Waals surface area contributed by atoms with Gasteiger partial charge >= 0.3 is 5.97 Å². The molecule has 0 aliphatic heterocycles. The number of ether oxygens (including phenoxy) is 2. The van der Waals surface area contributed by atoms with E-state index in [4.69, 9.17) is 9.47 Å². The van der Waals surface area contributed by atoms with E-state index in [1.807, 2.05) is 73.7 Å². The Morgan fingerprint density at radius 3 is 2.15 bits per heavy atom. The van der Waals surface area contributed by atoms with Crippen LogP contribution in [0.4, 0.5) is 0 Å². The highest BCUT2D eigenvalue weighted by atomic mass is 16.5. The van der Waals surface area contributed by atoms with Crippen LogP contribution in [0.25, 0.3) is 11.1 Å². The van der Waals surface area contributed by atoms with Crippen molar-refractivity contribution in [3.63, 3.8) is 0 Å². The maximum atomic E-state index is 12.9. The van der Waals surface area contributed by atoms with Crippen LogP contribution in [-0.4, -0.2) is 31.3 Å². The van der Waals surface area contributed by atoms with Gasteiger partial charge in [0.25, 0.3) is 0 Å². The van der Waals surface area contributed by atoms with E-state index in [0.717, 1.165) is 22.3 Å². The minimum atomic E-state index is -0.732. The Morgan fingerprint density at radius 1 is 0.794 bits per heavy atom. The van der Waals surface area contributed by atoms with Crippen LogP contribution < -0.4 is 0 Å². The number of methoxy groups -OCH3 is 1. The van der Waals surface area contributed by atoms with Gasteiger partial charge in [0.15, 0.2) is 5.78 Å². The fourth-order valence-corrected chi connectivity index (χ4v) is 3.85. The summed E-state index contributed by atoms with van der Waals surface area (Å²) in [7, 11) is 1.36. The van der Waals surface area contributed by atoms with Crippen LogP contribution >= 0.6 is 0 Å². The zero-order chi connectivity index (χ0) is 24.3. The molecule has 0 heterocycles. The van der Waals surface area contributed by atoms with Crippen LogP contribution in [0.1, 0.15) is 41.3 Å².